The third-order valence-electron chi connectivity index (χ3n) is 5.84. The van der Waals surface area contributed by atoms with Gasteiger partial charge in [0.15, 0.2) is 0 Å². The fraction of sp³-hybridized carbons (Fsp3) is 0.545. The number of halogens is 2. The molecule has 4 nitrogen and oxygen atoms in total. The lowest BCUT2D eigenvalue weighted by Crippen LogP contribution is -2.25. The van der Waals surface area contributed by atoms with E-state index >= 15 is 0 Å². The van der Waals surface area contributed by atoms with Crippen LogP contribution in [0.15, 0.2) is 9.52 Å². The number of hydrogen-bond acceptors (Lipinski definition) is 3. The summed E-state index contributed by atoms with van der Waals surface area (Å²) in [5.41, 5.74) is 6.17. The topological polar surface area (TPSA) is 54.2 Å². The predicted molar refractivity (Wildman–Crippen MR) is 110 cm³/mol. The molecule has 28 heavy (non-hydrogen) atoms. The molecule has 0 radical (unpaired) electrons. The van der Waals surface area contributed by atoms with Crippen LogP contribution in [0, 0.1) is 19.8 Å². The Morgan fingerprint density at radius 2 is 2.04 bits per heavy atom. The number of aliphatic imine (C=N–C) groups is 1. The highest BCUT2D eigenvalue weighted by molar-refractivity contribution is 5.86. The number of nitrogens with one attached hydrogen (secondary N) is 1. The molecule has 1 aliphatic carbocycles. The third-order valence-corrected chi connectivity index (χ3v) is 5.84. The van der Waals surface area contributed by atoms with Crippen molar-refractivity contribution in [3.05, 3.63) is 33.8 Å². The highest BCUT2D eigenvalue weighted by Gasteiger charge is 2.35. The summed E-state index contributed by atoms with van der Waals surface area (Å²) in [5.74, 6) is -0.718. The second-order valence-corrected chi connectivity index (χ2v) is 7.89. The molecule has 2 aromatic heterocycles. The van der Waals surface area contributed by atoms with Gasteiger partial charge in [-0.15, -0.1) is 0 Å². The van der Waals surface area contributed by atoms with E-state index in [1.54, 1.807) is 0 Å². The number of alkyl halides is 2. The molecule has 3 rings (SSSR count). The summed E-state index contributed by atoms with van der Waals surface area (Å²) in [6, 6.07) is 0. The summed E-state index contributed by atoms with van der Waals surface area (Å²) in [5, 5.41) is 4.04. The fourth-order valence-corrected chi connectivity index (χ4v) is 4.33. The van der Waals surface area contributed by atoms with Crippen LogP contribution in [0.2, 0.25) is 0 Å². The first-order valence-electron chi connectivity index (χ1n) is 9.95. The number of nitrogens with zero attached hydrogens (tertiary/aromatic N) is 2. The van der Waals surface area contributed by atoms with Gasteiger partial charge in [-0.1, -0.05) is 12.1 Å². The molecule has 2 heterocycles. The first-order valence-corrected chi connectivity index (χ1v) is 9.95. The van der Waals surface area contributed by atoms with E-state index in [1.807, 2.05) is 20.8 Å². The van der Waals surface area contributed by atoms with Crippen LogP contribution < -0.4 is 0 Å². The molecule has 0 unspecified atom stereocenters. The summed E-state index contributed by atoms with van der Waals surface area (Å²) >= 11 is 0. The van der Waals surface area contributed by atoms with E-state index < -0.39 is 5.92 Å². The van der Waals surface area contributed by atoms with Crippen molar-refractivity contribution in [2.45, 2.75) is 72.1 Å². The van der Waals surface area contributed by atoms with Gasteiger partial charge in [0.05, 0.1) is 5.69 Å². The summed E-state index contributed by atoms with van der Waals surface area (Å²) < 4.78 is 32.4. The highest BCUT2D eigenvalue weighted by atomic mass is 19.3. The van der Waals surface area contributed by atoms with E-state index in [-0.39, 0.29) is 18.8 Å². The Morgan fingerprint density at radius 1 is 1.36 bits per heavy atom. The van der Waals surface area contributed by atoms with Crippen molar-refractivity contribution < 1.29 is 13.3 Å². The predicted octanol–water partition coefficient (Wildman–Crippen LogP) is 6.44. The molecule has 6 heteroatoms. The normalized spacial score (nSPS) is 17.9. The molecule has 0 atom stereocenters. The Balaban J connectivity index is 1.97. The molecule has 1 fully saturated rings. The molecule has 1 aliphatic rings. The van der Waals surface area contributed by atoms with Gasteiger partial charge in [-0.3, -0.25) is 0 Å². The Morgan fingerprint density at radius 3 is 2.57 bits per heavy atom. The summed E-state index contributed by atoms with van der Waals surface area (Å²) in [4.78, 5) is 7.56. The first-order chi connectivity index (χ1) is 13.3. The van der Waals surface area contributed by atoms with E-state index in [0.717, 1.165) is 52.5 Å². The smallest absolute Gasteiger partial charge is 0.248 e. The molecule has 1 saturated carbocycles. The third kappa shape index (κ3) is 4.10. The van der Waals surface area contributed by atoms with Gasteiger partial charge in [0.2, 0.25) is 5.92 Å². The van der Waals surface area contributed by atoms with Crippen LogP contribution >= 0.6 is 0 Å². The molecule has 0 spiro atoms. The maximum atomic E-state index is 13.6. The van der Waals surface area contributed by atoms with Crippen molar-refractivity contribution in [2.75, 3.05) is 0 Å². The number of H-pyrrole nitrogens is 1. The number of allylic oxidation sites excluding steroid dienone is 1. The van der Waals surface area contributed by atoms with E-state index in [9.17, 15) is 8.78 Å². The zero-order valence-electron chi connectivity index (χ0n) is 17.2. The number of aromatic amines is 1. The summed E-state index contributed by atoms with van der Waals surface area (Å²) in [7, 11) is 0. The lowest BCUT2D eigenvalue weighted by atomic mass is 9.82. The van der Waals surface area contributed by atoms with Gasteiger partial charge < -0.3 is 9.51 Å². The molecule has 152 valence electrons. The van der Waals surface area contributed by atoms with Crippen LogP contribution in [0.25, 0.3) is 11.6 Å². The number of rotatable bonds is 6. The Labute approximate surface area is 165 Å². The lowest BCUT2D eigenvalue weighted by molar-refractivity contribution is -0.0456. The minimum atomic E-state index is -2.50. The van der Waals surface area contributed by atoms with Crippen molar-refractivity contribution in [1.29, 1.82) is 0 Å². The number of hydrogen-bond donors (Lipinski definition) is 1. The number of aromatic nitrogens is 2. The molecule has 0 aliphatic heterocycles. The van der Waals surface area contributed by atoms with Gasteiger partial charge >= 0.3 is 0 Å². The van der Waals surface area contributed by atoms with Gasteiger partial charge in [-0.25, -0.2) is 13.8 Å². The van der Waals surface area contributed by atoms with Crippen molar-refractivity contribution in [1.82, 2.24) is 10.1 Å². The molecular formula is C22H29F2N3O. The maximum Gasteiger partial charge on any atom is 0.248 e. The van der Waals surface area contributed by atoms with Crippen LogP contribution in [0.4, 0.5) is 14.6 Å². The SMILES string of the molecule is C=Nc1[nH]c(CC)c(CC2CCC(F)(F)CC2)c1/C=C(\C)c1c(C)noc1C. The van der Waals surface area contributed by atoms with Crippen LogP contribution in [-0.4, -0.2) is 22.8 Å². The fourth-order valence-electron chi connectivity index (χ4n) is 4.33. The minimum absolute atomic E-state index is 0.0145. The molecule has 0 amide bonds. The zero-order valence-corrected chi connectivity index (χ0v) is 17.2. The van der Waals surface area contributed by atoms with Crippen molar-refractivity contribution in [3.8, 4) is 0 Å². The second-order valence-electron chi connectivity index (χ2n) is 7.89. The van der Waals surface area contributed by atoms with Gasteiger partial charge in [-0.05, 0) is 76.3 Å². The Hall–Kier alpha value is -2.24. The number of aryl methyl sites for hydroxylation is 3. The summed E-state index contributed by atoms with van der Waals surface area (Å²) in [6.07, 6.45) is 4.80. The van der Waals surface area contributed by atoms with Crippen molar-refractivity contribution in [3.63, 3.8) is 0 Å². The van der Waals surface area contributed by atoms with Crippen LogP contribution in [0.3, 0.4) is 0 Å². The maximum absolute atomic E-state index is 13.6. The van der Waals surface area contributed by atoms with Crippen LogP contribution in [-0.2, 0) is 12.8 Å². The molecule has 0 bridgehead atoms. The van der Waals surface area contributed by atoms with Gasteiger partial charge in [0.25, 0.3) is 0 Å². The molecule has 0 aromatic carbocycles. The standard InChI is InChI=1S/C22H29F2N3O/c1-6-19-17(12-16-7-9-22(23,24)10-8-16)18(21(25-5)26-19)11-13(2)20-14(3)27-28-15(20)4/h11,16,26H,5-10,12H2,1-4H3/b13-11+. The van der Waals surface area contributed by atoms with E-state index in [1.165, 1.54) is 5.56 Å². The molecule has 0 saturated heterocycles. The zero-order chi connectivity index (χ0) is 20.5. The second kappa shape index (κ2) is 8.02. The quantitative estimate of drug-likeness (QED) is 0.578. The van der Waals surface area contributed by atoms with Crippen molar-refractivity contribution in [2.24, 2.45) is 10.9 Å². The van der Waals surface area contributed by atoms with Gasteiger partial charge in [-0.2, -0.15) is 0 Å². The Kier molecular flexibility index (Phi) is 5.87. The summed E-state index contributed by atoms with van der Waals surface area (Å²) in [6.45, 7) is 11.7. The van der Waals surface area contributed by atoms with E-state index in [0.29, 0.717) is 12.8 Å². The van der Waals surface area contributed by atoms with Crippen LogP contribution in [0.1, 0.15) is 73.4 Å². The minimum Gasteiger partial charge on any atom is -0.361 e. The van der Waals surface area contributed by atoms with Crippen molar-refractivity contribution >= 4 is 24.2 Å². The van der Waals surface area contributed by atoms with Crippen LogP contribution in [0.5, 0.6) is 0 Å². The molecule has 2 aromatic rings. The lowest BCUT2D eigenvalue weighted by Gasteiger charge is -2.28. The van der Waals surface area contributed by atoms with E-state index in [4.69, 9.17) is 4.52 Å². The van der Waals surface area contributed by atoms with Gasteiger partial charge in [0, 0.05) is 29.7 Å². The molecule has 1 N–H and O–H groups in total. The molecular weight excluding hydrogens is 360 g/mol. The largest absolute Gasteiger partial charge is 0.361 e. The van der Waals surface area contributed by atoms with E-state index in [2.05, 4.69) is 34.9 Å². The van der Waals surface area contributed by atoms with Gasteiger partial charge in [0.1, 0.15) is 11.6 Å². The highest BCUT2D eigenvalue weighted by Crippen LogP contribution is 2.40. The Bertz CT molecular complexity index is 862. The first kappa shape index (κ1) is 20.5. The average Bonchev–Trinajstić information content (AvgIpc) is 3.16. The monoisotopic (exact) mass is 389 g/mol. The average molecular weight is 389 g/mol.